The van der Waals surface area contributed by atoms with E-state index in [0.29, 0.717) is 11.2 Å². The van der Waals surface area contributed by atoms with Crippen molar-refractivity contribution in [1.82, 2.24) is 29.4 Å². The van der Waals surface area contributed by atoms with Gasteiger partial charge in [0.25, 0.3) is 0 Å². The highest BCUT2D eigenvalue weighted by molar-refractivity contribution is 7.88. The molecular weight excluding hydrogens is 437 g/mol. The van der Waals surface area contributed by atoms with Crippen LogP contribution in [0, 0.1) is 0 Å². The van der Waals surface area contributed by atoms with Crippen LogP contribution in [0.4, 0.5) is 13.2 Å². The second kappa shape index (κ2) is 7.34. The van der Waals surface area contributed by atoms with Crippen molar-refractivity contribution in [3.8, 4) is 11.1 Å². The minimum absolute atomic E-state index is 0.0672. The molecule has 1 amide bonds. The van der Waals surface area contributed by atoms with Crippen molar-refractivity contribution in [3.05, 3.63) is 36.9 Å². The highest BCUT2D eigenvalue weighted by Crippen LogP contribution is 2.36. The third-order valence-corrected chi connectivity index (χ3v) is 6.42. The van der Waals surface area contributed by atoms with Gasteiger partial charge in [0.1, 0.15) is 12.2 Å². The fourth-order valence-corrected chi connectivity index (χ4v) is 4.63. The maximum atomic E-state index is 12.5. The number of aromatic amines is 1. The molecular formula is C18H19F3N6O3S. The van der Waals surface area contributed by atoms with E-state index in [1.54, 1.807) is 30.9 Å². The number of nitrogens with zero attached hydrogens (tertiary/aromatic N) is 4. The number of alkyl halides is 3. The molecule has 4 heterocycles. The molecule has 0 aliphatic carbocycles. The van der Waals surface area contributed by atoms with Crippen molar-refractivity contribution in [2.24, 2.45) is 0 Å². The largest absolute Gasteiger partial charge is 0.405 e. The molecule has 1 aliphatic rings. The topological polar surface area (TPSA) is 113 Å². The molecule has 0 atom stereocenters. The number of hydrogen-bond donors (Lipinski definition) is 2. The summed E-state index contributed by atoms with van der Waals surface area (Å²) in [6, 6.07) is 3.65. The molecule has 1 aliphatic heterocycles. The van der Waals surface area contributed by atoms with Crippen LogP contribution in [0.25, 0.3) is 22.2 Å². The van der Waals surface area contributed by atoms with Gasteiger partial charge in [-0.1, -0.05) is 0 Å². The summed E-state index contributed by atoms with van der Waals surface area (Å²) in [4.78, 5) is 19.4. The van der Waals surface area contributed by atoms with E-state index in [-0.39, 0.29) is 19.5 Å². The normalized spacial score (nSPS) is 16.9. The van der Waals surface area contributed by atoms with Crippen molar-refractivity contribution >= 4 is 27.0 Å². The summed E-state index contributed by atoms with van der Waals surface area (Å²) in [7, 11) is -3.51. The van der Waals surface area contributed by atoms with Crippen LogP contribution in [0.15, 0.2) is 36.9 Å². The molecule has 0 saturated carbocycles. The Morgan fingerprint density at radius 3 is 2.74 bits per heavy atom. The Bertz CT molecular complexity index is 1230. The predicted octanol–water partition coefficient (Wildman–Crippen LogP) is 1.47. The highest BCUT2D eigenvalue weighted by atomic mass is 32.2. The van der Waals surface area contributed by atoms with Gasteiger partial charge in [0, 0.05) is 42.6 Å². The van der Waals surface area contributed by atoms with Crippen molar-refractivity contribution in [2.75, 3.05) is 25.9 Å². The lowest BCUT2D eigenvalue weighted by molar-refractivity contribution is -0.140. The van der Waals surface area contributed by atoms with E-state index in [4.69, 9.17) is 0 Å². The zero-order valence-electron chi connectivity index (χ0n) is 16.3. The van der Waals surface area contributed by atoms with Gasteiger partial charge in [-0.3, -0.25) is 9.48 Å². The average molecular weight is 456 g/mol. The van der Waals surface area contributed by atoms with Crippen molar-refractivity contribution in [3.63, 3.8) is 0 Å². The van der Waals surface area contributed by atoms with Gasteiger partial charge in [-0.25, -0.2) is 13.4 Å². The SMILES string of the molecule is CS(=O)(=O)N1CC(CC(=O)NCC(F)(F)F)(n2cc(-c3ccnc4[nH]ccc34)cn2)C1. The van der Waals surface area contributed by atoms with E-state index in [0.717, 1.165) is 21.5 Å². The lowest BCUT2D eigenvalue weighted by Crippen LogP contribution is -2.65. The fraction of sp³-hybridized carbons (Fsp3) is 0.389. The Morgan fingerprint density at radius 2 is 2.06 bits per heavy atom. The van der Waals surface area contributed by atoms with Gasteiger partial charge in [-0.05, 0) is 17.7 Å². The summed E-state index contributed by atoms with van der Waals surface area (Å²) in [6.45, 7) is -1.59. The van der Waals surface area contributed by atoms with E-state index in [2.05, 4.69) is 15.1 Å². The monoisotopic (exact) mass is 456 g/mol. The van der Waals surface area contributed by atoms with Crippen LogP contribution in [-0.2, 0) is 20.4 Å². The van der Waals surface area contributed by atoms with Crippen LogP contribution in [0.5, 0.6) is 0 Å². The minimum Gasteiger partial charge on any atom is -0.347 e. The molecule has 3 aromatic heterocycles. The van der Waals surface area contributed by atoms with Crippen molar-refractivity contribution in [2.45, 2.75) is 18.1 Å². The number of pyridine rings is 1. The Hall–Kier alpha value is -2.93. The molecule has 1 fully saturated rings. The van der Waals surface area contributed by atoms with Crippen LogP contribution in [0.1, 0.15) is 6.42 Å². The summed E-state index contributed by atoms with van der Waals surface area (Å²) in [6.07, 6.45) is 2.76. The van der Waals surface area contributed by atoms with E-state index in [9.17, 15) is 26.4 Å². The quantitative estimate of drug-likeness (QED) is 0.583. The van der Waals surface area contributed by atoms with Gasteiger partial charge in [-0.15, -0.1) is 0 Å². The van der Waals surface area contributed by atoms with Crippen LogP contribution in [-0.4, -0.2) is 70.4 Å². The molecule has 0 radical (unpaired) electrons. The first-order chi connectivity index (χ1) is 14.5. The molecule has 0 bridgehead atoms. The summed E-state index contributed by atoms with van der Waals surface area (Å²) >= 11 is 0. The van der Waals surface area contributed by atoms with Gasteiger partial charge >= 0.3 is 6.18 Å². The Morgan fingerprint density at radius 1 is 1.32 bits per heavy atom. The first-order valence-corrected chi connectivity index (χ1v) is 11.1. The second-order valence-corrected chi connectivity index (χ2v) is 9.58. The number of amides is 1. The highest BCUT2D eigenvalue weighted by Gasteiger charge is 2.50. The number of carbonyl (C=O) groups is 1. The number of carbonyl (C=O) groups excluding carboxylic acids is 1. The van der Waals surface area contributed by atoms with Crippen LogP contribution < -0.4 is 5.32 Å². The summed E-state index contributed by atoms with van der Waals surface area (Å²) in [5, 5.41) is 7.01. The Balaban J connectivity index is 1.62. The molecule has 0 aromatic carbocycles. The van der Waals surface area contributed by atoms with E-state index < -0.39 is 34.2 Å². The third kappa shape index (κ3) is 4.28. The molecule has 13 heteroatoms. The molecule has 3 aromatic rings. The minimum atomic E-state index is -4.54. The second-order valence-electron chi connectivity index (χ2n) is 7.60. The number of aromatic nitrogens is 4. The zero-order valence-corrected chi connectivity index (χ0v) is 17.2. The lowest BCUT2D eigenvalue weighted by Gasteiger charge is -2.48. The van der Waals surface area contributed by atoms with Crippen LogP contribution in [0.2, 0.25) is 0 Å². The first-order valence-electron chi connectivity index (χ1n) is 9.23. The third-order valence-electron chi connectivity index (χ3n) is 5.23. The van der Waals surface area contributed by atoms with E-state index in [1.165, 1.54) is 4.68 Å². The zero-order chi connectivity index (χ0) is 22.4. The molecule has 2 N–H and O–H groups in total. The number of H-pyrrole nitrogens is 1. The maximum absolute atomic E-state index is 12.5. The lowest BCUT2D eigenvalue weighted by atomic mass is 9.88. The Labute approximate surface area is 175 Å². The van der Waals surface area contributed by atoms with Gasteiger partial charge in [-0.2, -0.15) is 22.6 Å². The molecule has 31 heavy (non-hydrogen) atoms. The number of sulfonamides is 1. The van der Waals surface area contributed by atoms with Crippen molar-refractivity contribution < 1.29 is 26.4 Å². The number of fused-ring (bicyclic) bond motifs is 1. The number of hydrogen-bond acceptors (Lipinski definition) is 5. The van der Waals surface area contributed by atoms with E-state index >= 15 is 0 Å². The number of rotatable bonds is 6. The molecule has 1 saturated heterocycles. The number of nitrogens with one attached hydrogen (secondary N) is 2. The van der Waals surface area contributed by atoms with Gasteiger partial charge in [0.05, 0.1) is 24.4 Å². The van der Waals surface area contributed by atoms with Gasteiger partial charge in [0.15, 0.2) is 0 Å². The number of halogens is 3. The summed E-state index contributed by atoms with van der Waals surface area (Å²) in [5.41, 5.74) is 1.13. The molecule has 9 nitrogen and oxygen atoms in total. The molecule has 4 rings (SSSR count). The molecule has 166 valence electrons. The standard InChI is InChI=1S/C18H19F3N6O3S/c1-31(29,30)26-10-17(11-26,6-15(28)24-9-18(19,20)21)27-8-12(7-25-27)13-2-4-22-16-14(13)3-5-23-16/h2-5,7-8H,6,9-11H2,1H3,(H,22,23)(H,24,28). The smallest absolute Gasteiger partial charge is 0.347 e. The summed E-state index contributed by atoms with van der Waals surface area (Å²) in [5.74, 6) is -0.834. The average Bonchev–Trinajstić information content (AvgIpc) is 3.30. The maximum Gasteiger partial charge on any atom is 0.405 e. The van der Waals surface area contributed by atoms with Crippen LogP contribution >= 0.6 is 0 Å². The molecule has 0 unspecified atom stereocenters. The molecule has 0 spiro atoms. The predicted molar refractivity (Wildman–Crippen MR) is 105 cm³/mol. The van der Waals surface area contributed by atoms with E-state index in [1.807, 2.05) is 11.4 Å². The first kappa shape index (κ1) is 21.3. The Kier molecular flexibility index (Phi) is 5.04. The summed E-state index contributed by atoms with van der Waals surface area (Å²) < 4.78 is 63.7. The van der Waals surface area contributed by atoms with Crippen LogP contribution in [0.3, 0.4) is 0 Å². The van der Waals surface area contributed by atoms with Crippen molar-refractivity contribution in [1.29, 1.82) is 0 Å². The van der Waals surface area contributed by atoms with Gasteiger partial charge in [0.2, 0.25) is 15.9 Å². The van der Waals surface area contributed by atoms with Gasteiger partial charge < -0.3 is 10.3 Å². The fourth-order valence-electron chi connectivity index (χ4n) is 3.68.